The summed E-state index contributed by atoms with van der Waals surface area (Å²) in [5.74, 6) is 0. The maximum atomic E-state index is 4.49. The molecule has 2 aromatic heterocycles. The van der Waals surface area contributed by atoms with E-state index in [-0.39, 0.29) is 0 Å². The van der Waals surface area contributed by atoms with Crippen molar-refractivity contribution in [2.24, 2.45) is 0 Å². The van der Waals surface area contributed by atoms with E-state index in [1.165, 1.54) is 0 Å². The smallest absolute Gasteiger partial charge is 0.183 e. The average Bonchev–Trinajstić information content (AvgIpc) is 2.66. The van der Waals surface area contributed by atoms with Crippen molar-refractivity contribution >= 4 is 16.5 Å². The molecule has 84 valence electrons. The zero-order valence-electron chi connectivity index (χ0n) is 9.56. The quantitative estimate of drug-likeness (QED) is 0.887. The zero-order chi connectivity index (χ0) is 11.5. The SMILES string of the molecule is Cc1nccnc1-c1csc(NC(C)C)n1. The van der Waals surface area contributed by atoms with Gasteiger partial charge in [0.2, 0.25) is 0 Å². The van der Waals surface area contributed by atoms with Crippen molar-refractivity contribution in [2.75, 3.05) is 5.32 Å². The van der Waals surface area contributed by atoms with Gasteiger partial charge >= 0.3 is 0 Å². The summed E-state index contributed by atoms with van der Waals surface area (Å²) in [7, 11) is 0. The Morgan fingerprint density at radius 3 is 2.69 bits per heavy atom. The molecule has 2 rings (SSSR count). The number of aryl methyl sites for hydroxylation is 1. The minimum Gasteiger partial charge on any atom is -0.359 e. The number of aromatic nitrogens is 3. The largest absolute Gasteiger partial charge is 0.359 e. The van der Waals surface area contributed by atoms with Crippen molar-refractivity contribution in [3.8, 4) is 11.4 Å². The molecular formula is C11H14N4S. The average molecular weight is 234 g/mol. The summed E-state index contributed by atoms with van der Waals surface area (Å²) in [5, 5.41) is 6.20. The van der Waals surface area contributed by atoms with Crippen LogP contribution >= 0.6 is 11.3 Å². The molecule has 0 bridgehead atoms. The number of thiazole rings is 1. The number of nitrogens with one attached hydrogen (secondary N) is 1. The lowest BCUT2D eigenvalue weighted by molar-refractivity contribution is 0.896. The molecule has 0 aliphatic carbocycles. The molecule has 4 nitrogen and oxygen atoms in total. The van der Waals surface area contributed by atoms with Crippen molar-refractivity contribution in [1.82, 2.24) is 15.0 Å². The van der Waals surface area contributed by atoms with Gasteiger partial charge in [-0.15, -0.1) is 11.3 Å². The minimum absolute atomic E-state index is 0.391. The Kier molecular flexibility index (Phi) is 3.14. The van der Waals surface area contributed by atoms with Crippen LogP contribution in [0.15, 0.2) is 17.8 Å². The number of rotatable bonds is 3. The fourth-order valence-corrected chi connectivity index (χ4v) is 2.20. The van der Waals surface area contributed by atoms with Crippen molar-refractivity contribution in [3.63, 3.8) is 0 Å². The highest BCUT2D eigenvalue weighted by Crippen LogP contribution is 2.24. The van der Waals surface area contributed by atoms with E-state index in [4.69, 9.17) is 0 Å². The van der Waals surface area contributed by atoms with Crippen LogP contribution in [0.2, 0.25) is 0 Å². The lowest BCUT2D eigenvalue weighted by Crippen LogP contribution is -2.09. The van der Waals surface area contributed by atoms with Crippen LogP contribution in [0.25, 0.3) is 11.4 Å². The summed E-state index contributed by atoms with van der Waals surface area (Å²) in [6.07, 6.45) is 3.38. The van der Waals surface area contributed by atoms with E-state index in [1.807, 2.05) is 12.3 Å². The van der Waals surface area contributed by atoms with E-state index in [0.717, 1.165) is 22.2 Å². The Bertz CT molecular complexity index is 478. The molecule has 1 N–H and O–H groups in total. The van der Waals surface area contributed by atoms with E-state index in [2.05, 4.69) is 34.1 Å². The third kappa shape index (κ3) is 2.36. The third-order valence-corrected chi connectivity index (χ3v) is 2.81. The number of hydrogen-bond donors (Lipinski definition) is 1. The van der Waals surface area contributed by atoms with E-state index >= 15 is 0 Å². The number of nitrogens with zero attached hydrogens (tertiary/aromatic N) is 3. The maximum absolute atomic E-state index is 4.49. The molecule has 5 heteroatoms. The molecule has 0 radical (unpaired) electrons. The van der Waals surface area contributed by atoms with Crippen LogP contribution in [-0.4, -0.2) is 21.0 Å². The molecule has 0 amide bonds. The summed E-state index contributed by atoms with van der Waals surface area (Å²) in [4.78, 5) is 13.0. The van der Waals surface area contributed by atoms with Crippen molar-refractivity contribution < 1.29 is 0 Å². The molecule has 0 saturated heterocycles. The van der Waals surface area contributed by atoms with Crippen LogP contribution in [-0.2, 0) is 0 Å². The Morgan fingerprint density at radius 2 is 2.00 bits per heavy atom. The molecule has 0 atom stereocenters. The summed E-state index contributed by atoms with van der Waals surface area (Å²) in [6.45, 7) is 6.13. The Morgan fingerprint density at radius 1 is 1.25 bits per heavy atom. The molecule has 16 heavy (non-hydrogen) atoms. The molecular weight excluding hydrogens is 220 g/mol. The number of anilines is 1. The van der Waals surface area contributed by atoms with E-state index in [1.54, 1.807) is 23.7 Å². The zero-order valence-corrected chi connectivity index (χ0v) is 10.4. The van der Waals surface area contributed by atoms with Gasteiger partial charge < -0.3 is 5.32 Å². The van der Waals surface area contributed by atoms with Gasteiger partial charge in [-0.05, 0) is 20.8 Å². The van der Waals surface area contributed by atoms with Crippen LogP contribution in [0.4, 0.5) is 5.13 Å². The second-order valence-corrected chi connectivity index (χ2v) is 4.69. The van der Waals surface area contributed by atoms with Gasteiger partial charge in [0.25, 0.3) is 0 Å². The Balaban J connectivity index is 2.28. The molecule has 0 unspecified atom stereocenters. The summed E-state index contributed by atoms with van der Waals surface area (Å²) in [6, 6.07) is 0.391. The standard InChI is InChI=1S/C11H14N4S/c1-7(2)14-11-15-9(6-16-11)10-8(3)12-4-5-13-10/h4-7H,1-3H3,(H,14,15). The van der Waals surface area contributed by atoms with E-state index in [0.29, 0.717) is 6.04 Å². The van der Waals surface area contributed by atoms with Crippen LogP contribution < -0.4 is 5.32 Å². The monoisotopic (exact) mass is 234 g/mol. The van der Waals surface area contributed by atoms with Crippen LogP contribution in [0.1, 0.15) is 19.5 Å². The lowest BCUT2D eigenvalue weighted by atomic mass is 10.3. The highest BCUT2D eigenvalue weighted by atomic mass is 32.1. The molecule has 2 heterocycles. The van der Waals surface area contributed by atoms with Gasteiger partial charge in [-0.2, -0.15) is 0 Å². The van der Waals surface area contributed by atoms with Crippen molar-refractivity contribution in [2.45, 2.75) is 26.8 Å². The lowest BCUT2D eigenvalue weighted by Gasteiger charge is -2.04. The van der Waals surface area contributed by atoms with E-state index in [9.17, 15) is 0 Å². The molecule has 0 saturated carbocycles. The van der Waals surface area contributed by atoms with Gasteiger partial charge in [-0.25, -0.2) is 4.98 Å². The Labute approximate surface area is 98.8 Å². The topological polar surface area (TPSA) is 50.7 Å². The van der Waals surface area contributed by atoms with Gasteiger partial charge in [0, 0.05) is 23.8 Å². The first kappa shape index (κ1) is 11.0. The van der Waals surface area contributed by atoms with Crippen LogP contribution in [0.3, 0.4) is 0 Å². The van der Waals surface area contributed by atoms with Crippen LogP contribution in [0.5, 0.6) is 0 Å². The van der Waals surface area contributed by atoms with Crippen molar-refractivity contribution in [1.29, 1.82) is 0 Å². The fourth-order valence-electron chi connectivity index (χ4n) is 1.35. The summed E-state index contributed by atoms with van der Waals surface area (Å²) in [5.41, 5.74) is 2.65. The van der Waals surface area contributed by atoms with Crippen LogP contribution in [0, 0.1) is 6.92 Å². The van der Waals surface area contributed by atoms with Crippen molar-refractivity contribution in [3.05, 3.63) is 23.5 Å². The van der Waals surface area contributed by atoms with Gasteiger partial charge in [0.15, 0.2) is 5.13 Å². The number of hydrogen-bond acceptors (Lipinski definition) is 5. The molecule has 0 aliphatic heterocycles. The second-order valence-electron chi connectivity index (χ2n) is 3.83. The highest BCUT2D eigenvalue weighted by Gasteiger charge is 2.09. The Hall–Kier alpha value is -1.49. The minimum atomic E-state index is 0.391. The second kappa shape index (κ2) is 4.57. The first-order valence-corrected chi connectivity index (χ1v) is 6.05. The van der Waals surface area contributed by atoms with Gasteiger partial charge in [-0.1, -0.05) is 0 Å². The maximum Gasteiger partial charge on any atom is 0.183 e. The molecule has 0 fully saturated rings. The highest BCUT2D eigenvalue weighted by molar-refractivity contribution is 7.14. The molecule has 0 aromatic carbocycles. The predicted octanol–water partition coefficient (Wildman–Crippen LogP) is 2.73. The predicted molar refractivity (Wildman–Crippen MR) is 66.6 cm³/mol. The molecule has 0 spiro atoms. The first-order valence-electron chi connectivity index (χ1n) is 5.17. The van der Waals surface area contributed by atoms with Gasteiger partial charge in [0.05, 0.1) is 5.69 Å². The molecule has 2 aromatic rings. The third-order valence-electron chi connectivity index (χ3n) is 2.04. The van der Waals surface area contributed by atoms with Gasteiger partial charge in [-0.3, -0.25) is 9.97 Å². The fraction of sp³-hybridized carbons (Fsp3) is 0.364. The van der Waals surface area contributed by atoms with E-state index < -0.39 is 0 Å². The van der Waals surface area contributed by atoms with Gasteiger partial charge in [0.1, 0.15) is 11.4 Å². The summed E-state index contributed by atoms with van der Waals surface area (Å²) < 4.78 is 0. The summed E-state index contributed by atoms with van der Waals surface area (Å²) >= 11 is 1.59. The molecule has 0 aliphatic rings. The normalized spacial score (nSPS) is 10.8. The first-order chi connectivity index (χ1) is 7.66.